The molecule has 2 heteroatoms. The van der Waals surface area contributed by atoms with Gasteiger partial charge in [-0.3, -0.25) is 0 Å². The molecule has 0 heterocycles. The maximum absolute atomic E-state index is 9.37. The van der Waals surface area contributed by atoms with Crippen molar-refractivity contribution >= 4 is 22.6 Å². The summed E-state index contributed by atoms with van der Waals surface area (Å²) in [6.07, 6.45) is 8.20. The van der Waals surface area contributed by atoms with Crippen LogP contribution >= 0.6 is 22.6 Å². The zero-order valence-corrected chi connectivity index (χ0v) is 8.88. The Balaban J connectivity index is 2.23. The molecular formula is C9H15IO. The van der Waals surface area contributed by atoms with Gasteiger partial charge in [-0.2, -0.15) is 0 Å². The maximum Gasteiger partial charge on any atom is 0.0893 e. The first kappa shape index (κ1) is 9.36. The van der Waals surface area contributed by atoms with E-state index in [9.17, 15) is 5.11 Å². The predicted octanol–water partition coefficient (Wildman–Crippen LogP) is 3.44. The highest BCUT2D eigenvalue weighted by atomic mass is 127. The topological polar surface area (TPSA) is 20.2 Å². The third-order valence-electron chi connectivity index (χ3n) is 2.29. The molecule has 0 aliphatic heterocycles. The Morgan fingerprint density at radius 2 is 2.09 bits per heavy atom. The number of allylic oxidation sites excluding steroid dienone is 2. The van der Waals surface area contributed by atoms with E-state index in [1.54, 1.807) is 0 Å². The van der Waals surface area contributed by atoms with E-state index in [1.807, 2.05) is 6.08 Å². The normalized spacial score (nSPS) is 21.0. The fourth-order valence-electron chi connectivity index (χ4n) is 1.68. The molecule has 0 unspecified atom stereocenters. The highest BCUT2D eigenvalue weighted by molar-refractivity contribution is 14.1. The van der Waals surface area contributed by atoms with Crippen LogP contribution in [0, 0.1) is 5.92 Å². The lowest BCUT2D eigenvalue weighted by atomic mass is 10.0. The van der Waals surface area contributed by atoms with E-state index >= 15 is 0 Å². The molecule has 0 radical (unpaired) electrons. The minimum Gasteiger partial charge on any atom is -0.513 e. The van der Waals surface area contributed by atoms with Crippen molar-refractivity contribution in [1.29, 1.82) is 0 Å². The van der Waals surface area contributed by atoms with E-state index in [2.05, 4.69) is 22.6 Å². The summed E-state index contributed by atoms with van der Waals surface area (Å²) < 4.78 is 0.927. The summed E-state index contributed by atoms with van der Waals surface area (Å²) in [7, 11) is 0. The molecule has 1 fully saturated rings. The second-order valence-electron chi connectivity index (χ2n) is 3.20. The molecule has 1 N–H and O–H groups in total. The zero-order valence-electron chi connectivity index (χ0n) is 6.72. The van der Waals surface area contributed by atoms with Crippen LogP contribution in [-0.4, -0.2) is 9.53 Å². The van der Waals surface area contributed by atoms with Crippen LogP contribution < -0.4 is 0 Å². The van der Waals surface area contributed by atoms with Crippen molar-refractivity contribution in [2.45, 2.75) is 32.1 Å². The van der Waals surface area contributed by atoms with Crippen molar-refractivity contribution in [2.75, 3.05) is 4.43 Å². The first-order chi connectivity index (χ1) is 5.33. The van der Waals surface area contributed by atoms with E-state index in [4.69, 9.17) is 0 Å². The summed E-state index contributed by atoms with van der Waals surface area (Å²) >= 11 is 2.25. The average molecular weight is 266 g/mol. The Bertz CT molecular complexity index is 136. The van der Waals surface area contributed by atoms with Crippen molar-refractivity contribution in [3.05, 3.63) is 11.8 Å². The Morgan fingerprint density at radius 1 is 1.45 bits per heavy atom. The average Bonchev–Trinajstić information content (AvgIpc) is 2.40. The minimum absolute atomic E-state index is 0.603. The van der Waals surface area contributed by atoms with Gasteiger partial charge in [0.1, 0.15) is 0 Å². The van der Waals surface area contributed by atoms with Crippen LogP contribution in [0.3, 0.4) is 0 Å². The van der Waals surface area contributed by atoms with Crippen LogP contribution in [-0.2, 0) is 0 Å². The molecule has 64 valence electrons. The first-order valence-corrected chi connectivity index (χ1v) is 5.79. The van der Waals surface area contributed by atoms with Gasteiger partial charge in [0.2, 0.25) is 0 Å². The summed E-state index contributed by atoms with van der Waals surface area (Å²) in [5.41, 5.74) is 0. The van der Waals surface area contributed by atoms with Gasteiger partial charge in [0.05, 0.1) is 5.76 Å². The predicted molar refractivity (Wildman–Crippen MR) is 56.2 cm³/mol. The molecule has 0 aromatic carbocycles. The van der Waals surface area contributed by atoms with E-state index in [-0.39, 0.29) is 0 Å². The fraction of sp³-hybridized carbons (Fsp3) is 0.778. The number of hydrogen-bond acceptors (Lipinski definition) is 1. The number of halogens is 1. The molecule has 1 nitrogen and oxygen atoms in total. The van der Waals surface area contributed by atoms with Gasteiger partial charge in [0, 0.05) is 10.8 Å². The summed E-state index contributed by atoms with van der Waals surface area (Å²) in [4.78, 5) is 0. The van der Waals surface area contributed by atoms with Crippen LogP contribution in [0.4, 0.5) is 0 Å². The van der Waals surface area contributed by atoms with Crippen LogP contribution in [0.5, 0.6) is 0 Å². The SMILES string of the molecule is OC(=CCI)CC1CCCC1. The first-order valence-electron chi connectivity index (χ1n) is 4.27. The Kier molecular flexibility index (Phi) is 4.26. The molecule has 0 bridgehead atoms. The largest absolute Gasteiger partial charge is 0.513 e. The van der Waals surface area contributed by atoms with Crippen molar-refractivity contribution in [3.8, 4) is 0 Å². The zero-order chi connectivity index (χ0) is 8.10. The molecule has 1 aliphatic rings. The van der Waals surface area contributed by atoms with Crippen molar-refractivity contribution in [1.82, 2.24) is 0 Å². The van der Waals surface area contributed by atoms with Gasteiger partial charge in [0.25, 0.3) is 0 Å². The van der Waals surface area contributed by atoms with E-state index < -0.39 is 0 Å². The quantitative estimate of drug-likeness (QED) is 0.471. The molecule has 0 atom stereocenters. The highest BCUT2D eigenvalue weighted by Gasteiger charge is 2.15. The minimum atomic E-state index is 0.603. The van der Waals surface area contributed by atoms with Crippen molar-refractivity contribution in [3.63, 3.8) is 0 Å². The molecule has 1 rings (SSSR count). The standard InChI is InChI=1S/C9H15IO/c10-6-5-9(11)7-8-3-1-2-4-8/h5,8,11H,1-4,6-7H2. The van der Waals surface area contributed by atoms with Gasteiger partial charge >= 0.3 is 0 Å². The molecule has 0 aromatic rings. The van der Waals surface area contributed by atoms with Gasteiger partial charge in [-0.15, -0.1) is 0 Å². The van der Waals surface area contributed by atoms with E-state index in [0.717, 1.165) is 16.8 Å². The maximum atomic E-state index is 9.37. The number of hydrogen-bond donors (Lipinski definition) is 1. The third-order valence-corrected chi connectivity index (χ3v) is 2.73. The number of aliphatic hydroxyl groups excluding tert-OH is 1. The molecule has 1 saturated carbocycles. The molecule has 1 aliphatic carbocycles. The lowest BCUT2D eigenvalue weighted by Gasteiger charge is -2.06. The van der Waals surface area contributed by atoms with Gasteiger partial charge < -0.3 is 5.11 Å². The fourth-order valence-corrected chi connectivity index (χ4v) is 2.19. The van der Waals surface area contributed by atoms with Crippen molar-refractivity contribution < 1.29 is 5.11 Å². The Hall–Kier alpha value is 0.270. The Morgan fingerprint density at radius 3 is 2.64 bits per heavy atom. The molecular weight excluding hydrogens is 251 g/mol. The van der Waals surface area contributed by atoms with Gasteiger partial charge in [-0.05, 0) is 12.0 Å². The van der Waals surface area contributed by atoms with Gasteiger partial charge in [-0.25, -0.2) is 0 Å². The number of alkyl halides is 1. The lowest BCUT2D eigenvalue weighted by molar-refractivity contribution is 0.350. The highest BCUT2D eigenvalue weighted by Crippen LogP contribution is 2.29. The molecule has 11 heavy (non-hydrogen) atoms. The van der Waals surface area contributed by atoms with Gasteiger partial charge in [-0.1, -0.05) is 48.3 Å². The third kappa shape index (κ3) is 3.45. The molecule has 0 saturated heterocycles. The molecule has 0 aromatic heterocycles. The summed E-state index contributed by atoms with van der Waals surface area (Å²) in [6.45, 7) is 0. The second-order valence-corrected chi connectivity index (χ2v) is 4.09. The van der Waals surface area contributed by atoms with Crippen molar-refractivity contribution in [2.24, 2.45) is 5.92 Å². The van der Waals surface area contributed by atoms with Crippen LogP contribution in [0.15, 0.2) is 11.8 Å². The summed E-state index contributed by atoms with van der Waals surface area (Å²) in [6, 6.07) is 0. The second kappa shape index (κ2) is 5.01. The lowest BCUT2D eigenvalue weighted by Crippen LogP contribution is -1.95. The van der Waals surface area contributed by atoms with Crippen LogP contribution in [0.1, 0.15) is 32.1 Å². The summed E-state index contributed by atoms with van der Waals surface area (Å²) in [5.74, 6) is 1.38. The molecule has 0 amide bonds. The van der Waals surface area contributed by atoms with E-state index in [0.29, 0.717) is 5.76 Å². The number of rotatable bonds is 3. The Labute approximate surface area is 82.0 Å². The summed E-state index contributed by atoms with van der Waals surface area (Å²) in [5, 5.41) is 9.37. The van der Waals surface area contributed by atoms with Gasteiger partial charge in [0.15, 0.2) is 0 Å². The monoisotopic (exact) mass is 266 g/mol. The van der Waals surface area contributed by atoms with Crippen LogP contribution in [0.2, 0.25) is 0 Å². The smallest absolute Gasteiger partial charge is 0.0893 e. The molecule has 0 spiro atoms. The number of aliphatic hydroxyl groups is 1. The van der Waals surface area contributed by atoms with Crippen LogP contribution in [0.25, 0.3) is 0 Å². The van der Waals surface area contributed by atoms with E-state index in [1.165, 1.54) is 25.7 Å².